The zero-order valence-electron chi connectivity index (χ0n) is 12.9. The lowest BCUT2D eigenvalue weighted by molar-refractivity contribution is 0.0953. The van der Waals surface area contributed by atoms with E-state index in [1.54, 1.807) is 25.3 Å². The molecule has 0 radical (unpaired) electrons. The summed E-state index contributed by atoms with van der Waals surface area (Å²) in [6.07, 6.45) is 4.55. The first kappa shape index (κ1) is 17.1. The second-order valence-corrected chi connectivity index (χ2v) is 4.74. The van der Waals surface area contributed by atoms with Crippen molar-refractivity contribution in [2.24, 2.45) is 5.73 Å². The zero-order chi connectivity index (χ0) is 15.5. The molecule has 0 heterocycles. The smallest absolute Gasteiger partial charge is 0.251 e. The molecular formula is C17H24N2O2. The van der Waals surface area contributed by atoms with E-state index in [9.17, 15) is 4.79 Å². The highest BCUT2D eigenvalue weighted by atomic mass is 16.5. The number of nitrogens with two attached hydrogens (primary N) is 1. The van der Waals surface area contributed by atoms with Crippen molar-refractivity contribution in [2.75, 3.05) is 20.2 Å². The summed E-state index contributed by atoms with van der Waals surface area (Å²) in [4.78, 5) is 12.1. The third-order valence-corrected chi connectivity index (χ3v) is 3.10. The number of methoxy groups -OCH3 is 1. The standard InChI is InChI=1S/C17H24N2O2/c1-3-4-5-6-12-19-17(20)15-9-10-16(21-2)14(13-15)8-7-11-18/h9-10,13H,3-6,11-12,18H2,1-2H3,(H,19,20). The highest BCUT2D eigenvalue weighted by Crippen LogP contribution is 2.18. The largest absolute Gasteiger partial charge is 0.495 e. The van der Waals surface area contributed by atoms with Crippen LogP contribution in [-0.4, -0.2) is 26.1 Å². The van der Waals surface area contributed by atoms with Gasteiger partial charge in [-0.15, -0.1) is 0 Å². The van der Waals surface area contributed by atoms with Gasteiger partial charge in [-0.25, -0.2) is 0 Å². The summed E-state index contributed by atoms with van der Waals surface area (Å²) in [6, 6.07) is 5.24. The third kappa shape index (κ3) is 5.88. The van der Waals surface area contributed by atoms with Crippen molar-refractivity contribution in [1.29, 1.82) is 0 Å². The molecule has 4 heteroatoms. The number of amides is 1. The highest BCUT2D eigenvalue weighted by Gasteiger charge is 2.08. The fraction of sp³-hybridized carbons (Fsp3) is 0.471. The van der Waals surface area contributed by atoms with Crippen molar-refractivity contribution in [3.8, 4) is 17.6 Å². The molecule has 1 rings (SSSR count). The molecule has 0 aromatic heterocycles. The van der Waals surface area contributed by atoms with Gasteiger partial charge >= 0.3 is 0 Å². The zero-order valence-corrected chi connectivity index (χ0v) is 12.9. The van der Waals surface area contributed by atoms with Gasteiger partial charge < -0.3 is 15.8 Å². The van der Waals surface area contributed by atoms with E-state index in [1.165, 1.54) is 12.8 Å². The number of benzene rings is 1. The molecule has 21 heavy (non-hydrogen) atoms. The Bertz CT molecular complexity index is 515. The minimum Gasteiger partial charge on any atom is -0.495 e. The summed E-state index contributed by atoms with van der Waals surface area (Å²) in [6.45, 7) is 3.14. The Kier molecular flexibility index (Phi) is 8.00. The molecule has 0 saturated heterocycles. The molecule has 1 aromatic rings. The number of ether oxygens (including phenoxy) is 1. The van der Waals surface area contributed by atoms with Crippen molar-refractivity contribution in [1.82, 2.24) is 5.32 Å². The van der Waals surface area contributed by atoms with E-state index >= 15 is 0 Å². The van der Waals surface area contributed by atoms with Gasteiger partial charge in [0.05, 0.1) is 19.2 Å². The quantitative estimate of drug-likeness (QED) is 0.598. The maximum atomic E-state index is 12.1. The molecule has 0 atom stereocenters. The first-order chi connectivity index (χ1) is 10.2. The van der Waals surface area contributed by atoms with E-state index in [4.69, 9.17) is 10.5 Å². The SMILES string of the molecule is CCCCCCNC(=O)c1ccc(OC)c(C#CCN)c1. The van der Waals surface area contributed by atoms with Gasteiger partial charge in [0.2, 0.25) is 0 Å². The number of unbranched alkanes of at least 4 members (excludes halogenated alkanes) is 3. The molecule has 1 aromatic carbocycles. The molecule has 3 N–H and O–H groups in total. The topological polar surface area (TPSA) is 64.3 Å². The van der Waals surface area contributed by atoms with Gasteiger partial charge in [0, 0.05) is 12.1 Å². The second kappa shape index (κ2) is 9.84. The fourth-order valence-corrected chi connectivity index (χ4v) is 1.95. The van der Waals surface area contributed by atoms with E-state index in [0.29, 0.717) is 23.4 Å². The molecule has 0 spiro atoms. The van der Waals surface area contributed by atoms with Gasteiger partial charge in [0.1, 0.15) is 5.75 Å². The van der Waals surface area contributed by atoms with Gasteiger partial charge in [-0.3, -0.25) is 4.79 Å². The molecule has 0 aliphatic heterocycles. The normalized spacial score (nSPS) is 9.67. The average molecular weight is 288 g/mol. The van der Waals surface area contributed by atoms with Crippen LogP contribution in [-0.2, 0) is 0 Å². The Balaban J connectivity index is 2.67. The van der Waals surface area contributed by atoms with E-state index in [-0.39, 0.29) is 12.5 Å². The Labute approximate surface area is 127 Å². The van der Waals surface area contributed by atoms with Crippen LogP contribution in [0.25, 0.3) is 0 Å². The van der Waals surface area contributed by atoms with Crippen LogP contribution in [0.2, 0.25) is 0 Å². The molecule has 0 fully saturated rings. The maximum absolute atomic E-state index is 12.1. The first-order valence-corrected chi connectivity index (χ1v) is 7.38. The highest BCUT2D eigenvalue weighted by molar-refractivity contribution is 5.94. The van der Waals surface area contributed by atoms with Gasteiger partial charge in [0.15, 0.2) is 0 Å². The van der Waals surface area contributed by atoms with Gasteiger partial charge in [-0.05, 0) is 24.6 Å². The average Bonchev–Trinajstić information content (AvgIpc) is 2.52. The number of hydrogen-bond donors (Lipinski definition) is 2. The Morgan fingerprint density at radius 1 is 1.33 bits per heavy atom. The van der Waals surface area contributed by atoms with Crippen LogP contribution in [0.4, 0.5) is 0 Å². The Hall–Kier alpha value is -1.99. The summed E-state index contributed by atoms with van der Waals surface area (Å²) in [5.74, 6) is 6.27. The number of carbonyl (C=O) groups is 1. The lowest BCUT2D eigenvalue weighted by Gasteiger charge is -2.08. The third-order valence-electron chi connectivity index (χ3n) is 3.10. The molecule has 114 valence electrons. The minimum absolute atomic E-state index is 0.0787. The fourth-order valence-electron chi connectivity index (χ4n) is 1.95. The van der Waals surface area contributed by atoms with Crippen molar-refractivity contribution < 1.29 is 9.53 Å². The number of hydrogen-bond acceptors (Lipinski definition) is 3. The summed E-state index contributed by atoms with van der Waals surface area (Å²) >= 11 is 0. The van der Waals surface area contributed by atoms with E-state index in [0.717, 1.165) is 12.8 Å². The van der Waals surface area contributed by atoms with Crippen LogP contribution in [0.1, 0.15) is 48.5 Å². The molecule has 0 unspecified atom stereocenters. The van der Waals surface area contributed by atoms with Crippen LogP contribution in [0.5, 0.6) is 5.75 Å². The molecule has 0 aliphatic carbocycles. The molecule has 4 nitrogen and oxygen atoms in total. The number of carbonyl (C=O) groups excluding carboxylic acids is 1. The van der Waals surface area contributed by atoms with Crippen molar-refractivity contribution in [2.45, 2.75) is 32.6 Å². The molecule has 0 saturated carbocycles. The van der Waals surface area contributed by atoms with Crippen LogP contribution < -0.4 is 15.8 Å². The number of nitrogens with one attached hydrogen (secondary N) is 1. The summed E-state index contributed by atoms with van der Waals surface area (Å²) < 4.78 is 5.23. The van der Waals surface area contributed by atoms with Crippen molar-refractivity contribution >= 4 is 5.91 Å². The predicted molar refractivity (Wildman–Crippen MR) is 85.4 cm³/mol. The van der Waals surface area contributed by atoms with Crippen LogP contribution in [0, 0.1) is 11.8 Å². The first-order valence-electron chi connectivity index (χ1n) is 7.38. The molecule has 1 amide bonds. The van der Waals surface area contributed by atoms with E-state index in [2.05, 4.69) is 24.1 Å². The maximum Gasteiger partial charge on any atom is 0.251 e. The number of rotatable bonds is 7. The van der Waals surface area contributed by atoms with Gasteiger partial charge in [-0.2, -0.15) is 0 Å². The Morgan fingerprint density at radius 3 is 2.81 bits per heavy atom. The summed E-state index contributed by atoms with van der Waals surface area (Å²) in [5, 5.41) is 2.93. The van der Waals surface area contributed by atoms with Gasteiger partial charge in [0.25, 0.3) is 5.91 Å². The van der Waals surface area contributed by atoms with Crippen molar-refractivity contribution in [3.63, 3.8) is 0 Å². The predicted octanol–water partition coefficient (Wildman–Crippen LogP) is 2.32. The molecule has 0 bridgehead atoms. The lowest BCUT2D eigenvalue weighted by atomic mass is 10.1. The minimum atomic E-state index is -0.0787. The van der Waals surface area contributed by atoms with E-state index in [1.807, 2.05) is 0 Å². The Morgan fingerprint density at radius 2 is 2.14 bits per heavy atom. The van der Waals surface area contributed by atoms with Crippen molar-refractivity contribution in [3.05, 3.63) is 29.3 Å². The monoisotopic (exact) mass is 288 g/mol. The van der Waals surface area contributed by atoms with Crippen LogP contribution in [0.15, 0.2) is 18.2 Å². The van der Waals surface area contributed by atoms with Crippen LogP contribution in [0.3, 0.4) is 0 Å². The van der Waals surface area contributed by atoms with Gasteiger partial charge in [-0.1, -0.05) is 38.0 Å². The second-order valence-electron chi connectivity index (χ2n) is 4.74. The molecular weight excluding hydrogens is 264 g/mol. The van der Waals surface area contributed by atoms with Crippen LogP contribution >= 0.6 is 0 Å². The summed E-state index contributed by atoms with van der Waals surface area (Å²) in [5.41, 5.74) is 6.65. The van der Waals surface area contributed by atoms with E-state index < -0.39 is 0 Å². The lowest BCUT2D eigenvalue weighted by Crippen LogP contribution is -2.24. The molecule has 0 aliphatic rings. The summed E-state index contributed by atoms with van der Waals surface area (Å²) in [7, 11) is 1.58.